The average molecular weight is 1110 g/mol. The highest BCUT2D eigenvalue weighted by molar-refractivity contribution is 5.20. The number of hydrogen-bond donors (Lipinski definition) is 15. The highest BCUT2D eigenvalue weighted by Gasteiger charge is 2.72. The second-order valence-electron chi connectivity index (χ2n) is 25.7. The van der Waals surface area contributed by atoms with E-state index in [2.05, 4.69) is 40.7 Å². The third kappa shape index (κ3) is 10.9. The molecule has 23 heteroatoms. The Morgan fingerprint density at radius 1 is 0.545 bits per heavy atom. The van der Waals surface area contributed by atoms with Crippen LogP contribution >= 0.6 is 0 Å². The number of ether oxygens (including phenoxy) is 8. The summed E-state index contributed by atoms with van der Waals surface area (Å²) in [6.07, 6.45) is -25.2. The van der Waals surface area contributed by atoms with E-state index in [-0.39, 0.29) is 34.5 Å². The summed E-state index contributed by atoms with van der Waals surface area (Å²) in [6.45, 7) is 14.6. The molecule has 0 unspecified atom stereocenters. The van der Waals surface area contributed by atoms with Gasteiger partial charge in [0.15, 0.2) is 25.2 Å². The molecule has 0 spiro atoms. The number of aliphatic hydroxyl groups excluding tert-OH is 15. The topological polar surface area (TPSA) is 377 Å². The van der Waals surface area contributed by atoms with Gasteiger partial charge in [-0.25, -0.2) is 0 Å². The normalized spacial score (nSPS) is 52.7. The van der Waals surface area contributed by atoms with Crippen LogP contribution in [0.3, 0.4) is 0 Å². The van der Waals surface area contributed by atoms with E-state index in [1.165, 1.54) is 0 Å². The lowest BCUT2D eigenvalue weighted by molar-refractivity contribution is -0.378. The minimum atomic E-state index is -1.82. The van der Waals surface area contributed by atoms with Crippen molar-refractivity contribution in [1.29, 1.82) is 0 Å². The molecular weight excluding hydrogens is 1020 g/mol. The van der Waals surface area contributed by atoms with Crippen molar-refractivity contribution in [1.82, 2.24) is 0 Å². The van der Waals surface area contributed by atoms with Crippen LogP contribution < -0.4 is 0 Å². The first-order chi connectivity index (χ1) is 36.0. The zero-order chi connectivity index (χ0) is 56.6. The maximum Gasteiger partial charge on any atom is 0.187 e. The summed E-state index contributed by atoms with van der Waals surface area (Å²) < 4.78 is 48.9. The second-order valence-corrected chi connectivity index (χ2v) is 25.7. The Hall–Kier alpha value is -1.18. The Balaban J connectivity index is 1.01. The Morgan fingerprint density at radius 3 is 1.64 bits per heavy atom. The molecule has 0 radical (unpaired) electrons. The lowest BCUT2D eigenvalue weighted by Crippen LogP contribution is -2.68. The largest absolute Gasteiger partial charge is 0.394 e. The third-order valence-electron chi connectivity index (χ3n) is 20.9. The number of fused-ring (bicyclic) bond motifs is 5. The number of aliphatic hydroxyl groups is 15. The number of rotatable bonds is 16. The fraction of sp³-hybridized carbons (Fsp3) is 0.963. The van der Waals surface area contributed by atoms with Crippen molar-refractivity contribution in [3.8, 4) is 0 Å². The molecule has 77 heavy (non-hydrogen) atoms. The first-order valence-electron chi connectivity index (χ1n) is 27.9. The van der Waals surface area contributed by atoms with Crippen LogP contribution in [0.15, 0.2) is 11.6 Å². The van der Waals surface area contributed by atoms with Gasteiger partial charge in [-0.1, -0.05) is 46.3 Å². The molecule has 30 atom stereocenters. The smallest absolute Gasteiger partial charge is 0.187 e. The van der Waals surface area contributed by atoms with Crippen LogP contribution in [0, 0.1) is 45.3 Å². The van der Waals surface area contributed by atoms with E-state index >= 15 is 0 Å². The fourth-order valence-corrected chi connectivity index (χ4v) is 16.3. The Bertz CT molecular complexity index is 1990. The first-order valence-corrected chi connectivity index (χ1v) is 27.9. The van der Waals surface area contributed by atoms with Gasteiger partial charge in [-0.15, -0.1) is 0 Å². The monoisotopic (exact) mass is 1110 g/mol. The van der Waals surface area contributed by atoms with E-state index in [1.54, 1.807) is 0 Å². The summed E-state index contributed by atoms with van der Waals surface area (Å²) in [6, 6.07) is 0. The molecule has 4 heterocycles. The van der Waals surface area contributed by atoms with Crippen molar-refractivity contribution in [3.05, 3.63) is 11.6 Å². The summed E-state index contributed by atoms with van der Waals surface area (Å²) in [5, 5.41) is 162. The van der Waals surface area contributed by atoms with Gasteiger partial charge >= 0.3 is 0 Å². The van der Waals surface area contributed by atoms with Crippen molar-refractivity contribution in [2.75, 3.05) is 26.4 Å². The molecule has 8 aliphatic rings. The molecule has 446 valence electrons. The maximum atomic E-state index is 12.8. The van der Waals surface area contributed by atoms with Crippen LogP contribution in [0.1, 0.15) is 113 Å². The zero-order valence-corrected chi connectivity index (χ0v) is 45.8. The van der Waals surface area contributed by atoms with Crippen LogP contribution in [-0.4, -0.2) is 244 Å². The minimum absolute atomic E-state index is 0.0374. The van der Waals surface area contributed by atoms with E-state index in [0.29, 0.717) is 38.5 Å². The van der Waals surface area contributed by atoms with Crippen molar-refractivity contribution < 1.29 is 114 Å². The molecule has 0 aromatic heterocycles. The van der Waals surface area contributed by atoms with Gasteiger partial charge in [0.1, 0.15) is 97.7 Å². The molecule has 23 nitrogen and oxygen atoms in total. The van der Waals surface area contributed by atoms with Gasteiger partial charge in [0.25, 0.3) is 0 Å². The molecule has 4 aliphatic carbocycles. The molecule has 0 aromatic carbocycles. The predicted molar refractivity (Wildman–Crippen MR) is 266 cm³/mol. The summed E-state index contributed by atoms with van der Waals surface area (Å²) in [5.41, 5.74) is -1.59. The van der Waals surface area contributed by atoms with Crippen LogP contribution in [0.5, 0.6) is 0 Å². The third-order valence-corrected chi connectivity index (χ3v) is 20.9. The zero-order valence-electron chi connectivity index (χ0n) is 45.8. The van der Waals surface area contributed by atoms with E-state index in [9.17, 15) is 76.6 Å². The van der Waals surface area contributed by atoms with E-state index in [0.717, 1.165) is 24.8 Å². The summed E-state index contributed by atoms with van der Waals surface area (Å²) in [7, 11) is 0. The van der Waals surface area contributed by atoms with Gasteiger partial charge in [0.05, 0.1) is 44.2 Å². The van der Waals surface area contributed by atoms with E-state index < -0.39 is 178 Å². The standard InChI is InChI=1S/C54H92O23/c1-23(2)10-9-14-54(8,77-48-44(69)40(65)37(62)29(74-48)22-70-46-42(67)38(63)34(59)26(19-55)71-46)24-11-16-53(7)33(24)25(58)18-31-51(5)15-13-32(50(3,4)30(51)12-17-52(31,53)6)75-49-45(41(66)36(61)28(21-57)73-49)76-47-43(68)39(64)35(60)27(20-56)72-47/h10,24-49,55-69H,9,11-22H2,1-8H3/t24-,25+,26+,27-,28+,29+,30+,31-,32-,33+,34+,35+,36-,37+,38-,39+,40+,41+,42-,43+,44+,45-,46-,47-,48-,49-,51-,52-,53+,54+/m1/s1. The van der Waals surface area contributed by atoms with Gasteiger partial charge in [0, 0.05) is 0 Å². The van der Waals surface area contributed by atoms with Crippen molar-refractivity contribution >= 4 is 0 Å². The fourth-order valence-electron chi connectivity index (χ4n) is 16.3. The van der Waals surface area contributed by atoms with E-state index in [4.69, 9.17) is 37.9 Å². The highest BCUT2D eigenvalue weighted by atomic mass is 16.8. The van der Waals surface area contributed by atoms with Crippen LogP contribution in [0.2, 0.25) is 0 Å². The lowest BCUT2D eigenvalue weighted by atomic mass is 9.35. The van der Waals surface area contributed by atoms with Crippen molar-refractivity contribution in [2.45, 2.75) is 254 Å². The summed E-state index contributed by atoms with van der Waals surface area (Å²) in [5.74, 6) is -0.475. The molecule has 4 saturated carbocycles. The molecule has 0 aromatic rings. The quantitative estimate of drug-likeness (QED) is 0.0576. The van der Waals surface area contributed by atoms with Gasteiger partial charge in [0.2, 0.25) is 0 Å². The molecule has 0 bridgehead atoms. The SMILES string of the molecule is CC(C)=CCC[C@](C)(O[C@H]1O[C@@H](CO[C@@H]2O[C@@H](CO)[C@H](O)[C@@H](O)[C@H]2O)[C@H](O)[C@H](O)[C@@H]1O)[C@@H]1CC[C@@]2(C)[C@@H]1[C@@H](O)C[C@@H]1[C@]3(C)CC[C@@H](O[C@H]4O[C@@H](CO)[C@@H](O)[C@H](O)[C@H]4O[C@H]4O[C@H](CO)[C@H](O)[C@H](O)[C@@H]4O)C(C)(C)[C@@H]3CC[C@]12C. The molecule has 8 rings (SSSR count). The minimum Gasteiger partial charge on any atom is -0.394 e. The lowest BCUT2D eigenvalue weighted by Gasteiger charge is -2.71. The summed E-state index contributed by atoms with van der Waals surface area (Å²) in [4.78, 5) is 0. The van der Waals surface area contributed by atoms with Crippen LogP contribution in [0.4, 0.5) is 0 Å². The second kappa shape index (κ2) is 23.5. The van der Waals surface area contributed by atoms with Crippen molar-refractivity contribution in [3.63, 3.8) is 0 Å². The van der Waals surface area contributed by atoms with E-state index in [1.807, 2.05) is 20.8 Å². The van der Waals surface area contributed by atoms with Crippen molar-refractivity contribution in [2.24, 2.45) is 45.3 Å². The van der Waals surface area contributed by atoms with Gasteiger partial charge in [-0.05, 0) is 124 Å². The Kier molecular flexibility index (Phi) is 18.9. The summed E-state index contributed by atoms with van der Waals surface area (Å²) >= 11 is 0. The molecule has 4 aliphatic heterocycles. The maximum absolute atomic E-state index is 12.8. The highest BCUT2D eigenvalue weighted by Crippen LogP contribution is 2.76. The van der Waals surface area contributed by atoms with Gasteiger partial charge < -0.3 is 114 Å². The molecule has 0 amide bonds. The van der Waals surface area contributed by atoms with Crippen LogP contribution in [-0.2, 0) is 37.9 Å². The number of allylic oxidation sites excluding steroid dienone is 2. The van der Waals surface area contributed by atoms with Gasteiger partial charge in [-0.3, -0.25) is 0 Å². The molecule has 4 saturated heterocycles. The van der Waals surface area contributed by atoms with Gasteiger partial charge in [-0.2, -0.15) is 0 Å². The first kappa shape index (κ1) is 61.9. The average Bonchev–Trinajstić information content (AvgIpc) is 3.96. The molecule has 8 fully saturated rings. The number of hydrogen-bond acceptors (Lipinski definition) is 23. The Morgan fingerprint density at radius 2 is 1.05 bits per heavy atom. The van der Waals surface area contributed by atoms with Crippen LogP contribution in [0.25, 0.3) is 0 Å². The Labute approximate surface area is 450 Å². The predicted octanol–water partition coefficient (Wildman–Crippen LogP) is -2.20. The molecule has 15 N–H and O–H groups in total. The molecular formula is C54H92O23.